The normalized spacial score (nSPS) is 33.2. The molecule has 0 unspecified atom stereocenters. The third-order valence-corrected chi connectivity index (χ3v) is 5.88. The number of carbonyl (C=O) groups excluding carboxylic acids is 1. The minimum Gasteiger partial charge on any atom is -0.381 e. The minimum absolute atomic E-state index is 0.253. The molecule has 20 heavy (non-hydrogen) atoms. The molecule has 4 heteroatoms. The smallest absolute Gasteiger partial charge is 0.227 e. The van der Waals surface area contributed by atoms with E-state index in [0.29, 0.717) is 24.5 Å². The molecule has 1 amide bonds. The van der Waals surface area contributed by atoms with Crippen molar-refractivity contribution in [2.45, 2.75) is 51.2 Å². The third kappa shape index (κ3) is 2.51. The summed E-state index contributed by atoms with van der Waals surface area (Å²) in [5.74, 6) is 0.299. The van der Waals surface area contributed by atoms with Crippen LogP contribution in [0.25, 0.3) is 0 Å². The first-order valence-corrected chi connectivity index (χ1v) is 8.40. The largest absolute Gasteiger partial charge is 0.381 e. The van der Waals surface area contributed by atoms with E-state index in [0.717, 1.165) is 37.8 Å². The van der Waals surface area contributed by atoms with Gasteiger partial charge in [-0.05, 0) is 53.5 Å². The van der Waals surface area contributed by atoms with Crippen molar-refractivity contribution in [2.24, 2.45) is 5.41 Å². The van der Waals surface area contributed by atoms with E-state index < -0.39 is 0 Å². The van der Waals surface area contributed by atoms with Gasteiger partial charge in [0.15, 0.2) is 0 Å². The Morgan fingerprint density at radius 1 is 1.55 bits per heavy atom. The fourth-order valence-electron chi connectivity index (χ4n) is 3.95. The van der Waals surface area contributed by atoms with E-state index in [1.807, 2.05) is 12.5 Å². The molecule has 0 bridgehead atoms. The van der Waals surface area contributed by atoms with Crippen molar-refractivity contribution in [2.75, 3.05) is 13.7 Å². The third-order valence-electron chi connectivity index (χ3n) is 5.15. The van der Waals surface area contributed by atoms with Gasteiger partial charge in [0, 0.05) is 19.7 Å². The maximum absolute atomic E-state index is 12.6. The molecule has 2 aliphatic rings. The molecule has 2 fully saturated rings. The van der Waals surface area contributed by atoms with Gasteiger partial charge in [-0.15, -0.1) is 0 Å². The molecule has 1 aromatic rings. The molecule has 3 atom stereocenters. The quantitative estimate of drug-likeness (QED) is 0.857. The predicted molar refractivity (Wildman–Crippen MR) is 80.9 cm³/mol. The van der Waals surface area contributed by atoms with E-state index in [9.17, 15) is 4.79 Å². The summed E-state index contributed by atoms with van der Waals surface area (Å²) in [5.41, 5.74) is 1.41. The minimum atomic E-state index is 0.253. The van der Waals surface area contributed by atoms with Crippen molar-refractivity contribution in [3.8, 4) is 0 Å². The lowest BCUT2D eigenvalue weighted by Crippen LogP contribution is -2.46. The second-order valence-corrected chi connectivity index (χ2v) is 7.23. The molecule has 1 aromatic heterocycles. The maximum Gasteiger partial charge on any atom is 0.227 e. The first kappa shape index (κ1) is 14.1. The number of fused-ring (bicyclic) bond motifs is 1. The Balaban J connectivity index is 1.69. The van der Waals surface area contributed by atoms with E-state index in [1.54, 1.807) is 11.3 Å². The topological polar surface area (TPSA) is 29.5 Å². The fraction of sp³-hybridized carbons (Fsp3) is 0.688. The number of hydrogen-bond acceptors (Lipinski definition) is 3. The zero-order valence-electron chi connectivity index (χ0n) is 12.3. The number of hydrogen-bond donors (Lipinski definition) is 0. The van der Waals surface area contributed by atoms with E-state index in [1.165, 1.54) is 0 Å². The molecule has 1 aliphatic carbocycles. The Labute approximate surface area is 124 Å². The Hall–Kier alpha value is -0.870. The number of rotatable bonds is 3. The molecule has 1 aliphatic heterocycles. The monoisotopic (exact) mass is 293 g/mol. The van der Waals surface area contributed by atoms with Gasteiger partial charge >= 0.3 is 0 Å². The van der Waals surface area contributed by atoms with Crippen LogP contribution in [-0.4, -0.2) is 36.6 Å². The second-order valence-electron chi connectivity index (χ2n) is 6.45. The molecular weight excluding hydrogens is 270 g/mol. The van der Waals surface area contributed by atoms with Gasteiger partial charge in [0.1, 0.15) is 0 Å². The molecule has 1 saturated heterocycles. The van der Waals surface area contributed by atoms with Crippen molar-refractivity contribution < 1.29 is 9.53 Å². The van der Waals surface area contributed by atoms with Gasteiger partial charge in [0.2, 0.25) is 5.91 Å². The van der Waals surface area contributed by atoms with Crippen LogP contribution in [-0.2, 0) is 16.0 Å². The van der Waals surface area contributed by atoms with Crippen molar-refractivity contribution in [3.63, 3.8) is 0 Å². The van der Waals surface area contributed by atoms with Gasteiger partial charge in [-0.2, -0.15) is 11.3 Å². The number of amides is 1. The van der Waals surface area contributed by atoms with E-state index in [4.69, 9.17) is 4.74 Å². The average molecular weight is 293 g/mol. The Kier molecular flexibility index (Phi) is 3.87. The van der Waals surface area contributed by atoms with Crippen LogP contribution >= 0.6 is 11.3 Å². The van der Waals surface area contributed by atoms with Crippen LogP contribution in [0.1, 0.15) is 38.2 Å². The predicted octanol–water partition coefficient (Wildman–Crippen LogP) is 3.10. The zero-order valence-corrected chi connectivity index (χ0v) is 13.1. The van der Waals surface area contributed by atoms with Gasteiger partial charge in [-0.1, -0.05) is 6.92 Å². The molecule has 0 radical (unpaired) electrons. The van der Waals surface area contributed by atoms with Crippen LogP contribution in [0.5, 0.6) is 0 Å². The van der Waals surface area contributed by atoms with Gasteiger partial charge in [-0.3, -0.25) is 4.79 Å². The fourth-order valence-corrected chi connectivity index (χ4v) is 4.62. The summed E-state index contributed by atoms with van der Waals surface area (Å²) in [7, 11) is 1.81. The summed E-state index contributed by atoms with van der Waals surface area (Å²) in [6, 6.07) is 2.47. The zero-order chi connectivity index (χ0) is 14.2. The van der Waals surface area contributed by atoms with Crippen molar-refractivity contribution >= 4 is 17.2 Å². The molecule has 2 heterocycles. The highest BCUT2D eigenvalue weighted by molar-refractivity contribution is 7.07. The highest BCUT2D eigenvalue weighted by Crippen LogP contribution is 2.47. The molecule has 3 rings (SSSR count). The highest BCUT2D eigenvalue weighted by Gasteiger charge is 2.49. The van der Waals surface area contributed by atoms with Crippen LogP contribution in [0.2, 0.25) is 0 Å². The van der Waals surface area contributed by atoms with Crippen molar-refractivity contribution in [1.82, 2.24) is 4.90 Å². The summed E-state index contributed by atoms with van der Waals surface area (Å²) >= 11 is 1.66. The lowest BCUT2D eigenvalue weighted by molar-refractivity contribution is -0.133. The number of methoxy groups -OCH3 is 1. The van der Waals surface area contributed by atoms with Crippen LogP contribution in [0, 0.1) is 5.41 Å². The maximum atomic E-state index is 12.6. The molecule has 110 valence electrons. The van der Waals surface area contributed by atoms with Gasteiger partial charge in [0.05, 0.1) is 12.5 Å². The van der Waals surface area contributed by atoms with Crippen LogP contribution in [0.4, 0.5) is 0 Å². The first-order valence-electron chi connectivity index (χ1n) is 7.46. The Morgan fingerprint density at radius 2 is 2.40 bits per heavy atom. The molecular formula is C16H23NO2S. The number of likely N-dealkylation sites (tertiary alicyclic amines) is 1. The lowest BCUT2D eigenvalue weighted by atomic mass is 9.71. The molecule has 0 N–H and O–H groups in total. The molecule has 1 saturated carbocycles. The summed E-state index contributed by atoms with van der Waals surface area (Å²) in [4.78, 5) is 14.7. The molecule has 0 spiro atoms. The van der Waals surface area contributed by atoms with Gasteiger partial charge in [-0.25, -0.2) is 0 Å². The van der Waals surface area contributed by atoms with Crippen LogP contribution in [0.15, 0.2) is 16.8 Å². The summed E-state index contributed by atoms with van der Waals surface area (Å²) in [5, 5.41) is 4.12. The van der Waals surface area contributed by atoms with Gasteiger partial charge in [0.25, 0.3) is 0 Å². The SMILES string of the molecule is CO[C@@H]1CC[C@H]2N(C(=O)Cc3ccsc3)CC[C@@]2(C)C1. The van der Waals surface area contributed by atoms with E-state index in [-0.39, 0.29) is 5.41 Å². The first-order chi connectivity index (χ1) is 9.62. The highest BCUT2D eigenvalue weighted by atomic mass is 32.1. The lowest BCUT2D eigenvalue weighted by Gasteiger charge is -2.42. The summed E-state index contributed by atoms with van der Waals surface area (Å²) in [6.45, 7) is 3.25. The number of nitrogens with zero attached hydrogens (tertiary/aromatic N) is 1. The van der Waals surface area contributed by atoms with Crippen LogP contribution < -0.4 is 0 Å². The average Bonchev–Trinajstić information content (AvgIpc) is 3.04. The number of ether oxygens (including phenoxy) is 1. The van der Waals surface area contributed by atoms with Crippen molar-refractivity contribution in [3.05, 3.63) is 22.4 Å². The number of thiophene rings is 1. The number of carbonyl (C=O) groups is 1. The van der Waals surface area contributed by atoms with Gasteiger partial charge < -0.3 is 9.64 Å². The summed E-state index contributed by atoms with van der Waals surface area (Å²) < 4.78 is 5.54. The van der Waals surface area contributed by atoms with E-state index >= 15 is 0 Å². The molecule has 0 aromatic carbocycles. The second kappa shape index (κ2) is 5.49. The summed E-state index contributed by atoms with van der Waals surface area (Å²) in [6.07, 6.45) is 5.32. The molecule has 3 nitrogen and oxygen atoms in total. The van der Waals surface area contributed by atoms with E-state index in [2.05, 4.69) is 23.3 Å². The Morgan fingerprint density at radius 3 is 3.10 bits per heavy atom. The van der Waals surface area contributed by atoms with Crippen LogP contribution in [0.3, 0.4) is 0 Å². The standard InChI is InChI=1S/C16H23NO2S/c1-16-6-7-17(14(16)4-3-13(10-16)19-2)15(18)9-12-5-8-20-11-12/h5,8,11,13-14H,3-4,6-7,9-10H2,1-2H3/t13-,14-,16+/m1/s1. The Bertz CT molecular complexity index is 473. The van der Waals surface area contributed by atoms with Crippen molar-refractivity contribution in [1.29, 1.82) is 0 Å².